The fourth-order valence-electron chi connectivity index (χ4n) is 4.16. The summed E-state index contributed by atoms with van der Waals surface area (Å²) in [4.78, 5) is 17.2. The van der Waals surface area contributed by atoms with Crippen molar-refractivity contribution in [1.29, 1.82) is 0 Å². The molecule has 0 radical (unpaired) electrons. The highest BCUT2D eigenvalue weighted by atomic mass is 16.5. The van der Waals surface area contributed by atoms with E-state index in [1.54, 1.807) is 14.2 Å². The molecule has 0 spiro atoms. The van der Waals surface area contributed by atoms with Gasteiger partial charge < -0.3 is 18.8 Å². The number of aromatic amines is 1. The summed E-state index contributed by atoms with van der Waals surface area (Å²) in [5, 5.41) is 9.92. The summed E-state index contributed by atoms with van der Waals surface area (Å²) in [5.41, 5.74) is 0.816. The monoisotopic (exact) mass is 439 g/mol. The Morgan fingerprint density at radius 2 is 1.91 bits per heavy atom. The number of nitrogens with zero attached hydrogens (tertiary/aromatic N) is 3. The molecular formula is C23H29N5O4. The van der Waals surface area contributed by atoms with Crippen molar-refractivity contribution in [3.8, 4) is 11.5 Å². The number of amides is 1. The van der Waals surface area contributed by atoms with Crippen LogP contribution >= 0.6 is 0 Å². The predicted molar refractivity (Wildman–Crippen MR) is 119 cm³/mol. The number of methoxy groups -OCH3 is 2. The maximum Gasteiger partial charge on any atom is 0.248 e. The third-order valence-electron chi connectivity index (χ3n) is 5.95. The number of rotatable bonds is 9. The molecule has 170 valence electrons. The van der Waals surface area contributed by atoms with Crippen LogP contribution < -0.4 is 14.8 Å². The normalized spacial score (nSPS) is 15.3. The Labute approximate surface area is 187 Å². The Bertz CT molecular complexity index is 1020. The molecule has 1 aromatic carbocycles. The third kappa shape index (κ3) is 4.94. The smallest absolute Gasteiger partial charge is 0.248 e. The van der Waals surface area contributed by atoms with Gasteiger partial charge in [-0.15, -0.1) is 5.10 Å². The van der Waals surface area contributed by atoms with Crippen molar-refractivity contribution < 1.29 is 19.0 Å². The molecule has 3 heterocycles. The minimum absolute atomic E-state index is 0.106. The predicted octanol–water partition coefficient (Wildman–Crippen LogP) is 2.94. The van der Waals surface area contributed by atoms with Crippen LogP contribution in [0.5, 0.6) is 11.5 Å². The number of anilines is 1. The van der Waals surface area contributed by atoms with Crippen LogP contribution in [-0.4, -0.2) is 53.1 Å². The molecule has 32 heavy (non-hydrogen) atoms. The second-order valence-electron chi connectivity index (χ2n) is 7.95. The standard InChI is InChI=1S/C23H29N5O4/c1-30-18-7-5-17(15-19(18)31-2)6-8-20-24-22(27-26-20)25-21(29)16-23(9-13-32-14-10-23)28-11-3-4-12-28/h3-5,7,11-12,15H,6,8-10,13-14,16H2,1-2H3,(H2,24,25,26,27,29). The van der Waals surface area contributed by atoms with Crippen molar-refractivity contribution in [1.82, 2.24) is 19.7 Å². The van der Waals surface area contributed by atoms with Gasteiger partial charge in [-0.3, -0.25) is 15.2 Å². The first-order valence-electron chi connectivity index (χ1n) is 10.8. The van der Waals surface area contributed by atoms with E-state index in [9.17, 15) is 4.79 Å². The largest absolute Gasteiger partial charge is 0.493 e. The second kappa shape index (κ2) is 9.86. The van der Waals surface area contributed by atoms with E-state index < -0.39 is 0 Å². The zero-order chi connectivity index (χ0) is 22.4. The highest BCUT2D eigenvalue weighted by Crippen LogP contribution is 2.33. The van der Waals surface area contributed by atoms with E-state index in [0.29, 0.717) is 49.3 Å². The van der Waals surface area contributed by atoms with Crippen LogP contribution in [0.3, 0.4) is 0 Å². The fourth-order valence-corrected chi connectivity index (χ4v) is 4.16. The Kier molecular flexibility index (Phi) is 6.75. The molecule has 0 unspecified atom stereocenters. The summed E-state index contributed by atoms with van der Waals surface area (Å²) < 4.78 is 18.3. The lowest BCUT2D eigenvalue weighted by atomic mass is 9.86. The minimum atomic E-state index is -0.279. The molecule has 9 heteroatoms. The van der Waals surface area contributed by atoms with Gasteiger partial charge in [0.25, 0.3) is 0 Å². The molecule has 0 aliphatic carbocycles. The second-order valence-corrected chi connectivity index (χ2v) is 7.95. The van der Waals surface area contributed by atoms with E-state index in [4.69, 9.17) is 14.2 Å². The maximum absolute atomic E-state index is 12.8. The van der Waals surface area contributed by atoms with Gasteiger partial charge in [0.1, 0.15) is 5.82 Å². The van der Waals surface area contributed by atoms with Gasteiger partial charge >= 0.3 is 0 Å². The van der Waals surface area contributed by atoms with Crippen molar-refractivity contribution in [2.24, 2.45) is 0 Å². The van der Waals surface area contributed by atoms with Crippen molar-refractivity contribution in [2.45, 2.75) is 37.6 Å². The van der Waals surface area contributed by atoms with Crippen molar-refractivity contribution in [3.05, 3.63) is 54.1 Å². The van der Waals surface area contributed by atoms with Crippen LogP contribution in [0.2, 0.25) is 0 Å². The zero-order valence-corrected chi connectivity index (χ0v) is 18.5. The number of benzene rings is 1. The SMILES string of the molecule is COc1ccc(CCc2nc(NC(=O)CC3(n4cccc4)CCOCC3)n[nH]2)cc1OC. The highest BCUT2D eigenvalue weighted by molar-refractivity contribution is 5.89. The fraction of sp³-hybridized carbons (Fsp3) is 0.435. The molecule has 2 N–H and O–H groups in total. The topological polar surface area (TPSA) is 103 Å². The molecule has 0 saturated carbocycles. The first-order valence-corrected chi connectivity index (χ1v) is 10.8. The lowest BCUT2D eigenvalue weighted by Crippen LogP contribution is -2.42. The average molecular weight is 440 g/mol. The van der Waals surface area contributed by atoms with Gasteiger partial charge in [0, 0.05) is 32.0 Å². The number of ether oxygens (including phenoxy) is 3. The first kappa shape index (κ1) is 21.9. The molecule has 1 saturated heterocycles. The number of aryl methyl sites for hydroxylation is 2. The Balaban J connectivity index is 1.35. The van der Waals surface area contributed by atoms with Gasteiger partial charge in [-0.2, -0.15) is 4.98 Å². The van der Waals surface area contributed by atoms with E-state index in [1.807, 2.05) is 42.7 Å². The van der Waals surface area contributed by atoms with Crippen LogP contribution in [0.25, 0.3) is 0 Å². The molecule has 1 amide bonds. The Morgan fingerprint density at radius 1 is 1.16 bits per heavy atom. The summed E-state index contributed by atoms with van der Waals surface area (Å²) >= 11 is 0. The molecule has 2 aromatic heterocycles. The Morgan fingerprint density at radius 3 is 2.62 bits per heavy atom. The number of carbonyl (C=O) groups is 1. The van der Waals surface area contributed by atoms with Gasteiger partial charge in [0.05, 0.1) is 26.2 Å². The summed E-state index contributed by atoms with van der Waals surface area (Å²) in [6.07, 6.45) is 7.36. The maximum atomic E-state index is 12.8. The number of nitrogens with one attached hydrogen (secondary N) is 2. The van der Waals surface area contributed by atoms with Crippen LogP contribution in [0.1, 0.15) is 30.7 Å². The summed E-state index contributed by atoms with van der Waals surface area (Å²) in [6, 6.07) is 9.79. The van der Waals surface area contributed by atoms with E-state index in [-0.39, 0.29) is 11.4 Å². The van der Waals surface area contributed by atoms with Gasteiger partial charge in [0.2, 0.25) is 11.9 Å². The highest BCUT2D eigenvalue weighted by Gasteiger charge is 2.36. The van der Waals surface area contributed by atoms with E-state index in [2.05, 4.69) is 25.1 Å². The summed E-state index contributed by atoms with van der Waals surface area (Å²) in [7, 11) is 3.23. The van der Waals surface area contributed by atoms with Crippen molar-refractivity contribution >= 4 is 11.9 Å². The minimum Gasteiger partial charge on any atom is -0.493 e. The van der Waals surface area contributed by atoms with E-state index in [1.165, 1.54) is 0 Å². The van der Waals surface area contributed by atoms with Crippen molar-refractivity contribution in [2.75, 3.05) is 32.8 Å². The molecule has 1 aliphatic rings. The quantitative estimate of drug-likeness (QED) is 0.531. The number of hydrogen-bond acceptors (Lipinski definition) is 6. The molecule has 9 nitrogen and oxygen atoms in total. The first-order chi connectivity index (χ1) is 15.6. The van der Waals surface area contributed by atoms with Gasteiger partial charge in [0.15, 0.2) is 11.5 Å². The van der Waals surface area contributed by atoms with Gasteiger partial charge in [-0.1, -0.05) is 6.07 Å². The van der Waals surface area contributed by atoms with E-state index >= 15 is 0 Å². The Hall–Kier alpha value is -3.33. The molecular weight excluding hydrogens is 410 g/mol. The average Bonchev–Trinajstić information content (AvgIpc) is 3.51. The van der Waals surface area contributed by atoms with Crippen LogP contribution in [-0.2, 0) is 27.9 Å². The number of H-pyrrole nitrogens is 1. The molecule has 1 aliphatic heterocycles. The van der Waals surface area contributed by atoms with Gasteiger partial charge in [-0.05, 0) is 49.1 Å². The van der Waals surface area contributed by atoms with Crippen LogP contribution in [0, 0.1) is 0 Å². The summed E-state index contributed by atoms with van der Waals surface area (Å²) in [5.74, 6) is 2.29. The number of hydrogen-bond donors (Lipinski definition) is 2. The van der Waals surface area contributed by atoms with Gasteiger partial charge in [-0.25, -0.2) is 0 Å². The zero-order valence-electron chi connectivity index (χ0n) is 18.5. The lowest BCUT2D eigenvalue weighted by Gasteiger charge is -2.38. The molecule has 0 bridgehead atoms. The molecule has 4 rings (SSSR count). The molecule has 1 fully saturated rings. The number of carbonyl (C=O) groups excluding carboxylic acids is 1. The number of aromatic nitrogens is 4. The van der Waals surface area contributed by atoms with Crippen LogP contribution in [0.4, 0.5) is 5.95 Å². The van der Waals surface area contributed by atoms with E-state index in [0.717, 1.165) is 24.8 Å². The van der Waals surface area contributed by atoms with Crippen LogP contribution in [0.15, 0.2) is 42.7 Å². The third-order valence-corrected chi connectivity index (χ3v) is 5.95. The lowest BCUT2D eigenvalue weighted by molar-refractivity contribution is -0.119. The summed E-state index contributed by atoms with van der Waals surface area (Å²) in [6.45, 7) is 1.29. The molecule has 0 atom stereocenters. The molecule has 3 aromatic rings. The van der Waals surface area contributed by atoms with Crippen molar-refractivity contribution in [3.63, 3.8) is 0 Å².